The molecular weight excluding hydrogens is 847 g/mol. The van der Waals surface area contributed by atoms with E-state index in [2.05, 4.69) is 43.5 Å². The molecule has 0 radical (unpaired) electrons. The van der Waals surface area contributed by atoms with Gasteiger partial charge >= 0.3 is 0 Å². The first-order chi connectivity index (χ1) is 32.7. The van der Waals surface area contributed by atoms with Crippen LogP contribution in [0, 0.1) is 0 Å². The van der Waals surface area contributed by atoms with Gasteiger partial charge in [0.25, 0.3) is 0 Å². The third kappa shape index (κ3) is 34.5. The molecule has 0 bridgehead atoms. The summed E-state index contributed by atoms with van der Waals surface area (Å²) in [5.41, 5.74) is 0. The average molecular weight is 954 g/mol. The lowest BCUT2D eigenvalue weighted by atomic mass is 9.98. The molecule has 0 aromatic carbocycles. The van der Waals surface area contributed by atoms with Crippen LogP contribution in [0.2, 0.25) is 0 Å². The number of allylic oxidation sites excluding steroid dienone is 4. The van der Waals surface area contributed by atoms with Crippen molar-refractivity contribution in [2.75, 3.05) is 13.2 Å². The maximum absolute atomic E-state index is 13.2. The molecule has 1 fully saturated rings. The van der Waals surface area contributed by atoms with Crippen molar-refractivity contribution in [3.63, 3.8) is 0 Å². The Hall–Kier alpha value is -1.41. The fraction of sp³-hybridized carbons (Fsp3) is 0.911. The maximum Gasteiger partial charge on any atom is 0.249 e. The van der Waals surface area contributed by atoms with Crippen LogP contribution in [-0.4, -0.2) is 110 Å². The molecule has 0 aromatic rings. The van der Waals surface area contributed by atoms with Crippen LogP contribution in [0.1, 0.15) is 258 Å². The van der Waals surface area contributed by atoms with Gasteiger partial charge in [0.1, 0.15) is 36.6 Å². The molecule has 0 saturated carbocycles. The highest BCUT2D eigenvalue weighted by atomic mass is 16.7. The molecular formula is C56H107NO10. The number of carbonyl (C=O) groups excluding carboxylic acids is 1. The normalized spacial score (nSPS) is 20.8. The van der Waals surface area contributed by atoms with Gasteiger partial charge in [-0.3, -0.25) is 4.79 Å². The van der Waals surface area contributed by atoms with E-state index in [4.69, 9.17) is 9.47 Å². The van der Waals surface area contributed by atoms with Gasteiger partial charge in [0.15, 0.2) is 6.29 Å². The first-order valence-corrected chi connectivity index (χ1v) is 28.2. The number of hydrogen-bond acceptors (Lipinski definition) is 10. The lowest BCUT2D eigenvalue weighted by Gasteiger charge is -2.40. The summed E-state index contributed by atoms with van der Waals surface area (Å²) in [6.45, 7) is 3.47. The topological polar surface area (TPSA) is 189 Å². The minimum atomic E-state index is -1.66. The van der Waals surface area contributed by atoms with Gasteiger partial charge < -0.3 is 50.5 Å². The van der Waals surface area contributed by atoms with E-state index < -0.39 is 74.2 Å². The van der Waals surface area contributed by atoms with Gasteiger partial charge in [-0.15, -0.1) is 0 Å². The molecule has 1 aliphatic rings. The molecule has 0 aromatic heterocycles. The largest absolute Gasteiger partial charge is 0.394 e. The predicted octanol–water partition coefficient (Wildman–Crippen LogP) is 11.3. The number of nitrogens with one attached hydrogen (secondary N) is 1. The van der Waals surface area contributed by atoms with Crippen LogP contribution in [0.5, 0.6) is 0 Å². The van der Waals surface area contributed by atoms with Gasteiger partial charge in [0, 0.05) is 0 Å². The first-order valence-electron chi connectivity index (χ1n) is 28.2. The SMILES string of the molecule is CCCCCCCCCCC/C=C\C/C=C\CCCCCCCCC(O)C(=O)NC(COC1OC(CO)C(O)C(O)C1O)C(O)C(O)CCCCCCCCCCCCCCCCCCCC. The van der Waals surface area contributed by atoms with Gasteiger partial charge in [-0.2, -0.15) is 0 Å². The second-order valence-corrected chi connectivity index (χ2v) is 20.0. The molecule has 396 valence electrons. The number of hydrogen-bond donors (Lipinski definition) is 8. The Morgan fingerprint density at radius 1 is 0.522 bits per heavy atom. The summed E-state index contributed by atoms with van der Waals surface area (Å²) in [5, 5.41) is 76.1. The summed E-state index contributed by atoms with van der Waals surface area (Å²) >= 11 is 0. The molecule has 8 N–H and O–H groups in total. The van der Waals surface area contributed by atoms with Crippen molar-refractivity contribution in [1.82, 2.24) is 5.32 Å². The Kier molecular flexibility index (Phi) is 43.4. The van der Waals surface area contributed by atoms with E-state index in [0.29, 0.717) is 19.3 Å². The van der Waals surface area contributed by atoms with Crippen LogP contribution in [0.3, 0.4) is 0 Å². The summed E-state index contributed by atoms with van der Waals surface area (Å²) in [4.78, 5) is 13.2. The molecule has 11 heteroatoms. The lowest BCUT2D eigenvalue weighted by molar-refractivity contribution is -0.303. The molecule has 1 aliphatic heterocycles. The van der Waals surface area contributed by atoms with Crippen LogP contribution in [0.4, 0.5) is 0 Å². The summed E-state index contributed by atoms with van der Waals surface area (Å²) in [6, 6.07) is -1.17. The van der Waals surface area contributed by atoms with Gasteiger partial charge in [-0.25, -0.2) is 0 Å². The van der Waals surface area contributed by atoms with Crippen LogP contribution in [-0.2, 0) is 14.3 Å². The Labute approximate surface area is 410 Å². The molecule has 9 atom stereocenters. The maximum atomic E-state index is 13.2. The van der Waals surface area contributed by atoms with Crippen molar-refractivity contribution in [2.24, 2.45) is 0 Å². The Morgan fingerprint density at radius 3 is 1.33 bits per heavy atom. The molecule has 1 saturated heterocycles. The van der Waals surface area contributed by atoms with Gasteiger partial charge in [-0.05, 0) is 44.9 Å². The van der Waals surface area contributed by atoms with Crippen molar-refractivity contribution in [2.45, 2.75) is 313 Å². The summed E-state index contributed by atoms with van der Waals surface area (Å²) in [6.07, 6.45) is 42.2. The number of aliphatic hydroxyl groups excluding tert-OH is 7. The lowest BCUT2D eigenvalue weighted by Crippen LogP contribution is -2.60. The van der Waals surface area contributed by atoms with E-state index in [9.17, 15) is 40.5 Å². The smallest absolute Gasteiger partial charge is 0.249 e. The minimum Gasteiger partial charge on any atom is -0.394 e. The standard InChI is InChI=1S/C56H107NO10/c1-3-5-7-9-11-13-15-17-19-21-23-24-25-26-28-30-32-34-36-38-40-42-44-49(60)55(65)57-47(46-66-56-54(64)53(63)52(62)50(45-58)67-56)51(61)48(59)43-41-39-37-35-33-31-29-27-22-20-18-16-14-12-10-8-6-4-2/h23-24,26,28,47-54,56,58-64H,3-22,25,27,29-46H2,1-2H3,(H,57,65)/b24-23-,28-26-. The van der Waals surface area contributed by atoms with Crippen molar-refractivity contribution in [3.05, 3.63) is 24.3 Å². The fourth-order valence-corrected chi connectivity index (χ4v) is 9.12. The Balaban J connectivity index is 2.35. The Bertz CT molecular complexity index is 1140. The second-order valence-electron chi connectivity index (χ2n) is 20.0. The van der Waals surface area contributed by atoms with E-state index >= 15 is 0 Å². The van der Waals surface area contributed by atoms with Crippen molar-refractivity contribution in [1.29, 1.82) is 0 Å². The zero-order chi connectivity index (χ0) is 49.0. The molecule has 0 aliphatic carbocycles. The molecule has 1 amide bonds. The number of unbranched alkanes of at least 4 members (excludes halogenated alkanes) is 32. The monoisotopic (exact) mass is 954 g/mol. The first kappa shape index (κ1) is 63.6. The van der Waals surface area contributed by atoms with Crippen molar-refractivity contribution < 1.29 is 50.0 Å². The van der Waals surface area contributed by atoms with Crippen molar-refractivity contribution in [3.8, 4) is 0 Å². The fourth-order valence-electron chi connectivity index (χ4n) is 9.12. The second kappa shape index (κ2) is 45.7. The molecule has 0 spiro atoms. The third-order valence-corrected chi connectivity index (χ3v) is 13.8. The highest BCUT2D eigenvalue weighted by Gasteiger charge is 2.44. The Morgan fingerprint density at radius 2 is 0.910 bits per heavy atom. The minimum absolute atomic E-state index is 0.249. The number of ether oxygens (including phenoxy) is 2. The van der Waals surface area contributed by atoms with Crippen LogP contribution >= 0.6 is 0 Å². The van der Waals surface area contributed by atoms with Crippen LogP contribution in [0.25, 0.3) is 0 Å². The average Bonchev–Trinajstić information content (AvgIpc) is 3.33. The highest BCUT2D eigenvalue weighted by Crippen LogP contribution is 2.23. The highest BCUT2D eigenvalue weighted by molar-refractivity contribution is 5.80. The van der Waals surface area contributed by atoms with Crippen molar-refractivity contribution >= 4 is 5.91 Å². The quantitative estimate of drug-likeness (QED) is 0.0215. The number of carbonyl (C=O) groups is 1. The van der Waals surface area contributed by atoms with E-state index in [1.54, 1.807) is 0 Å². The molecule has 1 rings (SSSR count). The number of amides is 1. The van der Waals surface area contributed by atoms with E-state index in [0.717, 1.165) is 64.2 Å². The molecule has 67 heavy (non-hydrogen) atoms. The zero-order valence-electron chi connectivity index (χ0n) is 43.1. The van der Waals surface area contributed by atoms with Gasteiger partial charge in [-0.1, -0.05) is 237 Å². The molecule has 9 unspecified atom stereocenters. The summed E-state index contributed by atoms with van der Waals surface area (Å²) in [5.74, 6) is -0.702. The predicted molar refractivity (Wildman–Crippen MR) is 275 cm³/mol. The summed E-state index contributed by atoms with van der Waals surface area (Å²) < 4.78 is 11.1. The molecule has 1 heterocycles. The van der Waals surface area contributed by atoms with Crippen LogP contribution < -0.4 is 5.32 Å². The van der Waals surface area contributed by atoms with E-state index in [1.165, 1.54) is 154 Å². The van der Waals surface area contributed by atoms with E-state index in [-0.39, 0.29) is 6.42 Å². The third-order valence-electron chi connectivity index (χ3n) is 13.8. The summed E-state index contributed by atoms with van der Waals surface area (Å²) in [7, 11) is 0. The van der Waals surface area contributed by atoms with E-state index in [1.807, 2.05) is 0 Å². The van der Waals surface area contributed by atoms with Gasteiger partial charge in [0.2, 0.25) is 5.91 Å². The van der Waals surface area contributed by atoms with Crippen LogP contribution in [0.15, 0.2) is 24.3 Å². The zero-order valence-corrected chi connectivity index (χ0v) is 43.1. The molecule has 11 nitrogen and oxygen atoms in total. The number of rotatable bonds is 48. The number of aliphatic hydroxyl groups is 7. The van der Waals surface area contributed by atoms with Gasteiger partial charge in [0.05, 0.1) is 25.4 Å².